The molecular weight excluding hydrogens is 628 g/mol. The first-order valence-electron chi connectivity index (χ1n) is 15.1. The number of fused-ring (bicyclic) bond motifs is 2. The molecule has 0 spiro atoms. The standard InChI is InChI=1S/C35H36O13/c1-21(36)44-29-18-28-32(33(45-22(2)37)35(29,46-28)47-31(40)20-43-19-30(38)39)48-34(23-8-6-5-7-9-23,24-10-14-26(41-3)15-11-24)25-12-16-27(42-4)17-13-25/h5-17,28-29,32-33H,18-20H2,1-4H3,(H,38,39). The lowest BCUT2D eigenvalue weighted by Gasteiger charge is -2.43. The molecule has 48 heavy (non-hydrogen) atoms. The normalized spacial score (nSPS) is 22.8. The van der Waals surface area contributed by atoms with E-state index in [0.29, 0.717) is 28.2 Å². The molecule has 0 saturated carbocycles. The summed E-state index contributed by atoms with van der Waals surface area (Å²) >= 11 is 0. The van der Waals surface area contributed by atoms with Crippen molar-refractivity contribution in [1.29, 1.82) is 0 Å². The Morgan fingerprint density at radius 3 is 1.83 bits per heavy atom. The van der Waals surface area contributed by atoms with Crippen molar-refractivity contribution < 1.29 is 62.2 Å². The van der Waals surface area contributed by atoms with Crippen LogP contribution in [0.2, 0.25) is 0 Å². The maximum atomic E-state index is 13.0. The molecule has 2 aliphatic rings. The van der Waals surface area contributed by atoms with Gasteiger partial charge in [-0.15, -0.1) is 0 Å². The van der Waals surface area contributed by atoms with Gasteiger partial charge in [-0.25, -0.2) is 9.59 Å². The van der Waals surface area contributed by atoms with E-state index in [9.17, 15) is 19.2 Å². The number of ether oxygens (including phenoxy) is 8. The predicted molar refractivity (Wildman–Crippen MR) is 165 cm³/mol. The van der Waals surface area contributed by atoms with Crippen molar-refractivity contribution in [2.24, 2.45) is 0 Å². The summed E-state index contributed by atoms with van der Waals surface area (Å²) in [5.74, 6) is -4.69. The Balaban J connectivity index is 1.66. The van der Waals surface area contributed by atoms with Crippen LogP contribution in [-0.4, -0.2) is 86.6 Å². The molecule has 2 aliphatic heterocycles. The molecule has 0 radical (unpaired) electrons. The minimum absolute atomic E-state index is 0.0152. The van der Waals surface area contributed by atoms with Crippen LogP contribution in [-0.2, 0) is 53.2 Å². The number of methoxy groups -OCH3 is 2. The molecule has 2 fully saturated rings. The third-order valence-corrected chi connectivity index (χ3v) is 8.10. The van der Waals surface area contributed by atoms with Gasteiger partial charge in [-0.1, -0.05) is 54.6 Å². The third kappa shape index (κ3) is 6.84. The number of hydrogen-bond donors (Lipinski definition) is 1. The molecule has 5 unspecified atom stereocenters. The number of carboxylic acid groups (broad SMARTS) is 1. The number of rotatable bonds is 14. The van der Waals surface area contributed by atoms with E-state index >= 15 is 0 Å². The number of esters is 3. The molecule has 13 heteroatoms. The molecule has 2 bridgehead atoms. The minimum atomic E-state index is -2.14. The van der Waals surface area contributed by atoms with Crippen molar-refractivity contribution >= 4 is 23.9 Å². The first-order chi connectivity index (χ1) is 23.0. The van der Waals surface area contributed by atoms with Gasteiger partial charge in [0.1, 0.15) is 36.4 Å². The highest BCUT2D eigenvalue weighted by atomic mass is 16.8. The van der Waals surface area contributed by atoms with Crippen LogP contribution in [0.25, 0.3) is 0 Å². The molecule has 5 rings (SSSR count). The van der Waals surface area contributed by atoms with Crippen molar-refractivity contribution in [2.45, 2.75) is 56.1 Å². The lowest BCUT2D eigenvalue weighted by molar-refractivity contribution is -0.273. The lowest BCUT2D eigenvalue weighted by atomic mass is 9.79. The van der Waals surface area contributed by atoms with Crippen molar-refractivity contribution in [3.8, 4) is 11.5 Å². The average molecular weight is 665 g/mol. The van der Waals surface area contributed by atoms with Crippen LogP contribution in [0.15, 0.2) is 78.9 Å². The molecular formula is C35H36O13. The predicted octanol–water partition coefficient (Wildman–Crippen LogP) is 3.39. The summed E-state index contributed by atoms with van der Waals surface area (Å²) in [7, 11) is 3.12. The molecule has 254 valence electrons. The average Bonchev–Trinajstić information content (AvgIpc) is 3.55. The Kier molecular flexibility index (Phi) is 10.3. The highest BCUT2D eigenvalue weighted by Gasteiger charge is 2.72. The van der Waals surface area contributed by atoms with Crippen LogP contribution in [0, 0.1) is 0 Å². The number of hydrogen-bond acceptors (Lipinski definition) is 12. The largest absolute Gasteiger partial charge is 0.497 e. The molecule has 3 aromatic carbocycles. The Bertz CT molecular complexity index is 1560. The second kappa shape index (κ2) is 14.4. The van der Waals surface area contributed by atoms with Crippen LogP contribution in [0.5, 0.6) is 11.5 Å². The molecule has 5 atom stereocenters. The first kappa shape index (κ1) is 34.4. The zero-order valence-corrected chi connectivity index (χ0v) is 26.8. The van der Waals surface area contributed by atoms with E-state index in [-0.39, 0.29) is 6.42 Å². The van der Waals surface area contributed by atoms with Gasteiger partial charge < -0.3 is 43.0 Å². The second-order valence-corrected chi connectivity index (χ2v) is 11.2. The Morgan fingerprint density at radius 2 is 1.33 bits per heavy atom. The topological polar surface area (TPSA) is 162 Å². The van der Waals surface area contributed by atoms with Crippen LogP contribution < -0.4 is 9.47 Å². The van der Waals surface area contributed by atoms with E-state index in [4.69, 9.17) is 43.0 Å². The minimum Gasteiger partial charge on any atom is -0.497 e. The number of benzene rings is 3. The Hall–Kier alpha value is -4.98. The molecule has 0 aromatic heterocycles. The van der Waals surface area contributed by atoms with E-state index in [0.717, 1.165) is 0 Å². The molecule has 1 N–H and O–H groups in total. The highest BCUT2D eigenvalue weighted by molar-refractivity contribution is 5.73. The number of carboxylic acids is 1. The molecule has 13 nitrogen and oxygen atoms in total. The van der Waals surface area contributed by atoms with Crippen LogP contribution in [0.1, 0.15) is 37.0 Å². The van der Waals surface area contributed by atoms with E-state index in [2.05, 4.69) is 0 Å². The summed E-state index contributed by atoms with van der Waals surface area (Å²) in [5.41, 5.74) is 0.667. The lowest BCUT2D eigenvalue weighted by Crippen LogP contribution is -2.61. The van der Waals surface area contributed by atoms with Gasteiger partial charge in [0, 0.05) is 20.3 Å². The number of aliphatic carboxylic acids is 1. The summed E-state index contributed by atoms with van der Waals surface area (Å²) in [6.07, 6.45) is -4.63. The zero-order valence-electron chi connectivity index (χ0n) is 26.8. The quantitative estimate of drug-likeness (QED) is 0.152. The number of carbonyl (C=O) groups is 4. The van der Waals surface area contributed by atoms with Crippen LogP contribution in [0.3, 0.4) is 0 Å². The first-order valence-corrected chi connectivity index (χ1v) is 15.1. The van der Waals surface area contributed by atoms with Gasteiger partial charge in [-0.05, 0) is 41.0 Å². The number of carbonyl (C=O) groups excluding carboxylic acids is 3. The molecule has 3 aromatic rings. The van der Waals surface area contributed by atoms with E-state index < -0.39 is 72.9 Å². The fraction of sp³-hybridized carbons (Fsp3) is 0.371. The summed E-state index contributed by atoms with van der Waals surface area (Å²) in [6, 6.07) is 23.9. The van der Waals surface area contributed by atoms with Crippen LogP contribution >= 0.6 is 0 Å². The third-order valence-electron chi connectivity index (χ3n) is 8.10. The van der Waals surface area contributed by atoms with Gasteiger partial charge in [-0.3, -0.25) is 9.59 Å². The second-order valence-electron chi connectivity index (χ2n) is 11.2. The fourth-order valence-electron chi connectivity index (χ4n) is 6.22. The van der Waals surface area contributed by atoms with E-state index in [1.165, 1.54) is 13.8 Å². The van der Waals surface area contributed by atoms with Gasteiger partial charge in [0.05, 0.1) is 20.3 Å². The van der Waals surface area contributed by atoms with Gasteiger partial charge >= 0.3 is 23.9 Å². The monoisotopic (exact) mass is 664 g/mol. The molecule has 2 saturated heterocycles. The van der Waals surface area contributed by atoms with Crippen molar-refractivity contribution in [3.63, 3.8) is 0 Å². The van der Waals surface area contributed by atoms with Gasteiger partial charge in [0.2, 0.25) is 0 Å². The van der Waals surface area contributed by atoms with E-state index in [1.54, 1.807) is 38.5 Å². The van der Waals surface area contributed by atoms with Gasteiger partial charge in [0.15, 0.2) is 12.2 Å². The van der Waals surface area contributed by atoms with Crippen molar-refractivity contribution in [3.05, 3.63) is 95.6 Å². The summed E-state index contributed by atoms with van der Waals surface area (Å²) in [5, 5.41) is 8.93. The van der Waals surface area contributed by atoms with Crippen molar-refractivity contribution in [2.75, 3.05) is 27.4 Å². The smallest absolute Gasteiger partial charge is 0.334 e. The Morgan fingerprint density at radius 1 is 0.792 bits per heavy atom. The fourth-order valence-corrected chi connectivity index (χ4v) is 6.22. The maximum absolute atomic E-state index is 13.0. The molecule has 0 aliphatic carbocycles. The Labute approximate surface area is 276 Å². The van der Waals surface area contributed by atoms with Crippen LogP contribution in [0.4, 0.5) is 0 Å². The zero-order chi connectivity index (χ0) is 34.5. The summed E-state index contributed by atoms with van der Waals surface area (Å²) in [6.45, 7) is 0.826. The molecule has 0 amide bonds. The summed E-state index contributed by atoms with van der Waals surface area (Å²) < 4.78 is 46.4. The van der Waals surface area contributed by atoms with Gasteiger partial charge in [0.25, 0.3) is 5.79 Å². The summed E-state index contributed by atoms with van der Waals surface area (Å²) in [4.78, 5) is 48.8. The van der Waals surface area contributed by atoms with Crippen molar-refractivity contribution in [1.82, 2.24) is 0 Å². The van der Waals surface area contributed by atoms with Gasteiger partial charge in [-0.2, -0.15) is 0 Å². The SMILES string of the molecule is COc1ccc(C(OC2C3CC(OC(C)=O)C(OC(=O)COCC(=O)O)(O3)C2OC(C)=O)(c2ccccc2)c2ccc(OC)cc2)cc1. The highest BCUT2D eigenvalue weighted by Crippen LogP contribution is 2.53. The van der Waals surface area contributed by atoms with E-state index in [1.807, 2.05) is 54.6 Å². The molecule has 2 heterocycles. The maximum Gasteiger partial charge on any atom is 0.334 e.